The maximum atomic E-state index is 9.16. The number of aromatic nitrogens is 2. The predicted molar refractivity (Wildman–Crippen MR) is 98.7 cm³/mol. The summed E-state index contributed by atoms with van der Waals surface area (Å²) < 4.78 is 0. The first-order valence-electron chi connectivity index (χ1n) is 8.05. The van der Waals surface area contributed by atoms with E-state index < -0.39 is 0 Å². The van der Waals surface area contributed by atoms with Gasteiger partial charge in [0.2, 0.25) is 0 Å². The van der Waals surface area contributed by atoms with Crippen molar-refractivity contribution in [2.45, 2.75) is 13.2 Å². The van der Waals surface area contributed by atoms with E-state index in [1.807, 2.05) is 36.4 Å². The van der Waals surface area contributed by atoms with Gasteiger partial charge >= 0.3 is 0 Å². The number of aliphatic hydroxyl groups excluding tert-OH is 2. The fourth-order valence-electron chi connectivity index (χ4n) is 2.24. The van der Waals surface area contributed by atoms with Crippen LogP contribution in [0.3, 0.4) is 0 Å². The van der Waals surface area contributed by atoms with Crippen molar-refractivity contribution < 1.29 is 10.2 Å². The number of hydrogen-bond acceptors (Lipinski definition) is 4. The van der Waals surface area contributed by atoms with Crippen molar-refractivity contribution in [3.63, 3.8) is 0 Å². The van der Waals surface area contributed by atoms with E-state index in [4.69, 9.17) is 10.2 Å². The minimum atomic E-state index is -0.114. The second-order valence-electron chi connectivity index (χ2n) is 5.39. The molecule has 2 N–H and O–H groups in total. The molecular formula is C22H16N2O2. The van der Waals surface area contributed by atoms with Gasteiger partial charge < -0.3 is 10.2 Å². The Morgan fingerprint density at radius 3 is 1.46 bits per heavy atom. The standard InChI is InChI=1S/C22H16N2O2/c25-15-21-9-3-7-19(23-21)13-11-17-5-1-2-6-18(17)12-14-20-8-4-10-22(16-26)24-20/h1-10,25-26H,15-16H2. The second kappa shape index (κ2) is 8.60. The molecule has 4 nitrogen and oxygen atoms in total. The molecular weight excluding hydrogens is 324 g/mol. The molecule has 0 aliphatic rings. The Kier molecular flexibility index (Phi) is 5.75. The molecule has 0 saturated heterocycles. The summed E-state index contributed by atoms with van der Waals surface area (Å²) in [5.74, 6) is 12.2. The molecule has 126 valence electrons. The predicted octanol–water partition coefficient (Wildman–Crippen LogP) is 2.26. The molecule has 0 spiro atoms. The summed E-state index contributed by atoms with van der Waals surface area (Å²) >= 11 is 0. The number of pyridine rings is 2. The van der Waals surface area contributed by atoms with Gasteiger partial charge in [-0.05, 0) is 48.2 Å². The summed E-state index contributed by atoms with van der Waals surface area (Å²) in [4.78, 5) is 8.51. The smallest absolute Gasteiger partial charge is 0.113 e. The average molecular weight is 340 g/mol. The van der Waals surface area contributed by atoms with Crippen LogP contribution in [0.4, 0.5) is 0 Å². The van der Waals surface area contributed by atoms with Crippen molar-refractivity contribution in [1.29, 1.82) is 0 Å². The molecule has 0 fully saturated rings. The molecule has 0 saturated carbocycles. The van der Waals surface area contributed by atoms with Crippen molar-refractivity contribution >= 4 is 0 Å². The first kappa shape index (κ1) is 17.4. The summed E-state index contributed by atoms with van der Waals surface area (Å²) in [5, 5.41) is 18.3. The quantitative estimate of drug-likeness (QED) is 0.703. The van der Waals surface area contributed by atoms with Crippen LogP contribution >= 0.6 is 0 Å². The van der Waals surface area contributed by atoms with E-state index in [-0.39, 0.29) is 13.2 Å². The van der Waals surface area contributed by atoms with Gasteiger partial charge in [0, 0.05) is 11.1 Å². The molecule has 0 amide bonds. The van der Waals surface area contributed by atoms with E-state index >= 15 is 0 Å². The fraction of sp³-hybridized carbons (Fsp3) is 0.0909. The highest BCUT2D eigenvalue weighted by Crippen LogP contribution is 2.07. The number of nitrogens with zero attached hydrogens (tertiary/aromatic N) is 2. The molecule has 0 bridgehead atoms. The minimum Gasteiger partial charge on any atom is -0.390 e. The van der Waals surface area contributed by atoms with Crippen LogP contribution in [0.5, 0.6) is 0 Å². The van der Waals surface area contributed by atoms with E-state index in [2.05, 4.69) is 33.6 Å². The Hall–Kier alpha value is -3.44. The average Bonchev–Trinajstić information content (AvgIpc) is 2.71. The van der Waals surface area contributed by atoms with Gasteiger partial charge in [0.1, 0.15) is 11.4 Å². The number of aliphatic hydroxyl groups is 2. The Balaban J connectivity index is 1.90. The zero-order valence-electron chi connectivity index (χ0n) is 14.0. The van der Waals surface area contributed by atoms with E-state index in [1.54, 1.807) is 24.3 Å². The summed E-state index contributed by atoms with van der Waals surface area (Å²) in [5.41, 5.74) is 3.93. The molecule has 0 atom stereocenters. The van der Waals surface area contributed by atoms with Gasteiger partial charge in [0.25, 0.3) is 0 Å². The van der Waals surface area contributed by atoms with Gasteiger partial charge in [-0.3, -0.25) is 0 Å². The fourth-order valence-corrected chi connectivity index (χ4v) is 2.24. The van der Waals surface area contributed by atoms with Crippen LogP contribution in [0.2, 0.25) is 0 Å². The Bertz CT molecular complexity index is 952. The molecule has 26 heavy (non-hydrogen) atoms. The van der Waals surface area contributed by atoms with Crippen LogP contribution in [-0.2, 0) is 13.2 Å². The number of rotatable bonds is 2. The van der Waals surface area contributed by atoms with Crippen molar-refractivity contribution in [3.8, 4) is 23.7 Å². The topological polar surface area (TPSA) is 66.2 Å². The lowest BCUT2D eigenvalue weighted by molar-refractivity contribution is 0.276. The SMILES string of the molecule is OCc1cccc(C#Cc2ccccc2C#Cc2cccc(CO)n2)n1. The highest BCUT2D eigenvalue weighted by Gasteiger charge is 1.97. The molecule has 1 aromatic carbocycles. The van der Waals surface area contributed by atoms with Crippen molar-refractivity contribution in [3.05, 3.63) is 94.6 Å². The first-order chi connectivity index (χ1) is 12.8. The lowest BCUT2D eigenvalue weighted by atomic mass is 10.1. The van der Waals surface area contributed by atoms with Gasteiger partial charge in [0.15, 0.2) is 0 Å². The van der Waals surface area contributed by atoms with E-state index in [0.29, 0.717) is 22.8 Å². The first-order valence-corrected chi connectivity index (χ1v) is 8.05. The van der Waals surface area contributed by atoms with E-state index in [1.165, 1.54) is 0 Å². The maximum Gasteiger partial charge on any atom is 0.113 e. The summed E-state index contributed by atoms with van der Waals surface area (Å²) in [6, 6.07) is 18.3. The van der Waals surface area contributed by atoms with Crippen molar-refractivity contribution in [1.82, 2.24) is 9.97 Å². The number of hydrogen-bond donors (Lipinski definition) is 2. The third-order valence-electron chi connectivity index (χ3n) is 3.52. The molecule has 2 heterocycles. The van der Waals surface area contributed by atoms with Crippen LogP contribution in [0.25, 0.3) is 0 Å². The third-order valence-corrected chi connectivity index (χ3v) is 3.52. The summed E-state index contributed by atoms with van der Waals surface area (Å²) in [6.45, 7) is -0.227. The van der Waals surface area contributed by atoms with Crippen molar-refractivity contribution in [2.75, 3.05) is 0 Å². The van der Waals surface area contributed by atoms with Crippen LogP contribution in [0, 0.1) is 23.7 Å². The molecule has 0 aliphatic carbocycles. The molecule has 0 unspecified atom stereocenters. The summed E-state index contributed by atoms with van der Waals surface area (Å²) in [6.07, 6.45) is 0. The zero-order chi connectivity index (χ0) is 18.2. The molecule has 2 aromatic heterocycles. The Morgan fingerprint density at radius 1 is 0.577 bits per heavy atom. The molecule has 0 aliphatic heterocycles. The van der Waals surface area contributed by atoms with E-state index in [9.17, 15) is 0 Å². The Morgan fingerprint density at radius 2 is 1.04 bits per heavy atom. The van der Waals surface area contributed by atoms with Crippen LogP contribution in [-0.4, -0.2) is 20.2 Å². The van der Waals surface area contributed by atoms with E-state index in [0.717, 1.165) is 11.1 Å². The van der Waals surface area contributed by atoms with Crippen LogP contribution < -0.4 is 0 Å². The zero-order valence-corrected chi connectivity index (χ0v) is 14.0. The lowest BCUT2D eigenvalue weighted by Crippen LogP contribution is -1.92. The molecule has 3 rings (SSSR count). The van der Waals surface area contributed by atoms with Gasteiger partial charge in [-0.15, -0.1) is 0 Å². The highest BCUT2D eigenvalue weighted by atomic mass is 16.3. The normalized spacial score (nSPS) is 9.62. The monoisotopic (exact) mass is 340 g/mol. The highest BCUT2D eigenvalue weighted by molar-refractivity contribution is 5.53. The Labute approximate surface area is 152 Å². The van der Waals surface area contributed by atoms with Crippen LogP contribution in [0.15, 0.2) is 60.7 Å². The maximum absolute atomic E-state index is 9.16. The summed E-state index contributed by atoms with van der Waals surface area (Å²) in [7, 11) is 0. The second-order valence-corrected chi connectivity index (χ2v) is 5.39. The third kappa shape index (κ3) is 4.55. The van der Waals surface area contributed by atoms with Gasteiger partial charge in [0.05, 0.1) is 24.6 Å². The molecule has 4 heteroatoms. The number of benzene rings is 1. The minimum absolute atomic E-state index is 0.114. The van der Waals surface area contributed by atoms with Crippen LogP contribution in [0.1, 0.15) is 33.9 Å². The molecule has 3 aromatic rings. The van der Waals surface area contributed by atoms with Gasteiger partial charge in [-0.1, -0.05) is 36.1 Å². The van der Waals surface area contributed by atoms with Gasteiger partial charge in [-0.25, -0.2) is 9.97 Å². The van der Waals surface area contributed by atoms with Gasteiger partial charge in [-0.2, -0.15) is 0 Å². The lowest BCUT2D eigenvalue weighted by Gasteiger charge is -1.97. The largest absolute Gasteiger partial charge is 0.390 e. The molecule has 0 radical (unpaired) electrons. The van der Waals surface area contributed by atoms with Crippen molar-refractivity contribution in [2.24, 2.45) is 0 Å².